The van der Waals surface area contributed by atoms with Crippen LogP contribution < -0.4 is 14.8 Å². The molecule has 16 heavy (non-hydrogen) atoms. The largest absolute Gasteiger partial charge is 0.493 e. The first-order valence-electron chi connectivity index (χ1n) is 5.25. The minimum absolute atomic E-state index is 0.107. The summed E-state index contributed by atoms with van der Waals surface area (Å²) in [6.07, 6.45) is 0.941. The molecular weight excluding hydrogens is 206 g/mol. The molecule has 0 spiro atoms. The van der Waals surface area contributed by atoms with Gasteiger partial charge in [-0.05, 0) is 18.6 Å². The highest BCUT2D eigenvalue weighted by molar-refractivity contribution is 5.89. The van der Waals surface area contributed by atoms with E-state index in [4.69, 9.17) is 9.47 Å². The molecule has 0 radical (unpaired) electrons. The van der Waals surface area contributed by atoms with Gasteiger partial charge in [0.2, 0.25) is 5.91 Å². The molecule has 1 rings (SSSR count). The Morgan fingerprint density at radius 3 is 2.69 bits per heavy atom. The summed E-state index contributed by atoms with van der Waals surface area (Å²) in [7, 11) is 1.58. The maximum atomic E-state index is 10.9. The molecular formula is C12H17NO3. The van der Waals surface area contributed by atoms with Crippen molar-refractivity contribution in [2.24, 2.45) is 0 Å². The summed E-state index contributed by atoms with van der Waals surface area (Å²) in [5.74, 6) is 1.21. The van der Waals surface area contributed by atoms with Gasteiger partial charge in [-0.1, -0.05) is 6.92 Å². The van der Waals surface area contributed by atoms with Crippen LogP contribution in [0.5, 0.6) is 11.5 Å². The molecule has 0 fully saturated rings. The molecule has 0 aromatic heterocycles. The Bertz CT molecular complexity index is 363. The molecule has 1 aromatic carbocycles. The van der Waals surface area contributed by atoms with Crippen LogP contribution in [0.25, 0.3) is 0 Å². The monoisotopic (exact) mass is 223 g/mol. The van der Waals surface area contributed by atoms with Gasteiger partial charge in [-0.15, -0.1) is 0 Å². The van der Waals surface area contributed by atoms with Crippen LogP contribution in [-0.4, -0.2) is 19.6 Å². The maximum Gasteiger partial charge on any atom is 0.221 e. The Labute approximate surface area is 95.6 Å². The molecule has 1 aromatic rings. The number of nitrogens with one attached hydrogen (secondary N) is 1. The van der Waals surface area contributed by atoms with Crippen molar-refractivity contribution >= 4 is 11.6 Å². The lowest BCUT2D eigenvalue weighted by atomic mass is 10.2. The molecule has 0 saturated carbocycles. The number of anilines is 1. The standard InChI is InChI=1S/C12H17NO3/c1-4-7-16-11-6-5-10(13-9(2)14)8-12(11)15-3/h5-6,8H,4,7H2,1-3H3,(H,13,14). The summed E-state index contributed by atoms with van der Waals surface area (Å²) in [6.45, 7) is 4.15. The summed E-state index contributed by atoms with van der Waals surface area (Å²) in [6, 6.07) is 5.32. The Hall–Kier alpha value is -1.71. The highest BCUT2D eigenvalue weighted by Gasteiger charge is 2.05. The average molecular weight is 223 g/mol. The number of carbonyl (C=O) groups excluding carboxylic acids is 1. The minimum Gasteiger partial charge on any atom is -0.493 e. The third-order valence-electron chi connectivity index (χ3n) is 1.95. The second-order valence-electron chi connectivity index (χ2n) is 3.40. The lowest BCUT2D eigenvalue weighted by Crippen LogP contribution is -2.06. The predicted octanol–water partition coefficient (Wildman–Crippen LogP) is 2.44. The molecule has 0 aliphatic carbocycles. The topological polar surface area (TPSA) is 47.6 Å². The van der Waals surface area contributed by atoms with E-state index in [1.165, 1.54) is 6.92 Å². The summed E-state index contributed by atoms with van der Waals surface area (Å²) < 4.78 is 10.7. The van der Waals surface area contributed by atoms with Crippen LogP contribution in [0, 0.1) is 0 Å². The van der Waals surface area contributed by atoms with E-state index >= 15 is 0 Å². The molecule has 0 bridgehead atoms. The summed E-state index contributed by atoms with van der Waals surface area (Å²) in [4.78, 5) is 10.9. The molecule has 1 amide bonds. The fraction of sp³-hybridized carbons (Fsp3) is 0.417. The van der Waals surface area contributed by atoms with E-state index in [0.29, 0.717) is 23.8 Å². The number of methoxy groups -OCH3 is 1. The van der Waals surface area contributed by atoms with Crippen molar-refractivity contribution in [3.63, 3.8) is 0 Å². The van der Waals surface area contributed by atoms with Gasteiger partial charge in [-0.25, -0.2) is 0 Å². The minimum atomic E-state index is -0.107. The smallest absolute Gasteiger partial charge is 0.221 e. The van der Waals surface area contributed by atoms with Crippen LogP contribution in [0.2, 0.25) is 0 Å². The Kier molecular flexibility index (Phi) is 4.64. The highest BCUT2D eigenvalue weighted by atomic mass is 16.5. The molecule has 0 saturated heterocycles. The molecule has 0 aliphatic heterocycles. The van der Waals surface area contributed by atoms with E-state index in [-0.39, 0.29) is 5.91 Å². The highest BCUT2D eigenvalue weighted by Crippen LogP contribution is 2.30. The van der Waals surface area contributed by atoms with Crippen LogP contribution >= 0.6 is 0 Å². The van der Waals surface area contributed by atoms with Gasteiger partial charge in [0, 0.05) is 18.7 Å². The number of benzene rings is 1. The van der Waals surface area contributed by atoms with E-state index < -0.39 is 0 Å². The lowest BCUT2D eigenvalue weighted by Gasteiger charge is -2.11. The van der Waals surface area contributed by atoms with Crippen molar-refractivity contribution < 1.29 is 14.3 Å². The first-order valence-corrected chi connectivity index (χ1v) is 5.25. The zero-order valence-corrected chi connectivity index (χ0v) is 9.87. The summed E-state index contributed by atoms with van der Waals surface area (Å²) in [5.41, 5.74) is 0.702. The van der Waals surface area contributed by atoms with Gasteiger partial charge in [0.25, 0.3) is 0 Å². The first-order chi connectivity index (χ1) is 7.67. The molecule has 0 unspecified atom stereocenters. The second-order valence-corrected chi connectivity index (χ2v) is 3.40. The van der Waals surface area contributed by atoms with Gasteiger partial charge in [-0.2, -0.15) is 0 Å². The maximum absolute atomic E-state index is 10.9. The molecule has 0 aliphatic rings. The van der Waals surface area contributed by atoms with Gasteiger partial charge >= 0.3 is 0 Å². The fourth-order valence-corrected chi connectivity index (χ4v) is 1.28. The lowest BCUT2D eigenvalue weighted by molar-refractivity contribution is -0.114. The predicted molar refractivity (Wildman–Crippen MR) is 63.1 cm³/mol. The van der Waals surface area contributed by atoms with Crippen molar-refractivity contribution in [3.8, 4) is 11.5 Å². The normalized spacial score (nSPS) is 9.69. The van der Waals surface area contributed by atoms with Crippen LogP contribution in [-0.2, 0) is 4.79 Å². The van der Waals surface area contributed by atoms with Crippen molar-refractivity contribution in [2.75, 3.05) is 19.0 Å². The van der Waals surface area contributed by atoms with Crippen molar-refractivity contribution in [1.29, 1.82) is 0 Å². The van der Waals surface area contributed by atoms with Gasteiger partial charge in [-0.3, -0.25) is 4.79 Å². The Morgan fingerprint density at radius 1 is 1.38 bits per heavy atom. The third kappa shape index (κ3) is 3.46. The Balaban J connectivity index is 2.83. The second kappa shape index (κ2) is 6.00. The van der Waals surface area contributed by atoms with Gasteiger partial charge in [0.05, 0.1) is 13.7 Å². The van der Waals surface area contributed by atoms with Gasteiger partial charge in [0.15, 0.2) is 11.5 Å². The number of amides is 1. The van der Waals surface area contributed by atoms with E-state index in [1.54, 1.807) is 25.3 Å². The van der Waals surface area contributed by atoms with Crippen LogP contribution in [0.3, 0.4) is 0 Å². The van der Waals surface area contributed by atoms with Crippen molar-refractivity contribution in [2.45, 2.75) is 20.3 Å². The quantitative estimate of drug-likeness (QED) is 0.834. The fourth-order valence-electron chi connectivity index (χ4n) is 1.28. The number of ether oxygens (including phenoxy) is 2. The van der Waals surface area contributed by atoms with Crippen LogP contribution in [0.15, 0.2) is 18.2 Å². The summed E-state index contributed by atoms with van der Waals surface area (Å²) >= 11 is 0. The van der Waals surface area contributed by atoms with Crippen LogP contribution in [0.4, 0.5) is 5.69 Å². The van der Waals surface area contributed by atoms with Gasteiger partial charge in [0.1, 0.15) is 0 Å². The molecule has 0 atom stereocenters. The molecule has 4 heteroatoms. The van der Waals surface area contributed by atoms with Crippen molar-refractivity contribution in [1.82, 2.24) is 0 Å². The molecule has 0 heterocycles. The first kappa shape index (κ1) is 12.4. The Morgan fingerprint density at radius 2 is 2.12 bits per heavy atom. The SMILES string of the molecule is CCCOc1ccc(NC(C)=O)cc1OC. The number of carbonyl (C=O) groups is 1. The van der Waals surface area contributed by atoms with E-state index in [9.17, 15) is 4.79 Å². The molecule has 4 nitrogen and oxygen atoms in total. The zero-order valence-electron chi connectivity index (χ0n) is 9.87. The van der Waals surface area contributed by atoms with Gasteiger partial charge < -0.3 is 14.8 Å². The van der Waals surface area contributed by atoms with Crippen LogP contribution in [0.1, 0.15) is 20.3 Å². The zero-order chi connectivity index (χ0) is 12.0. The van der Waals surface area contributed by atoms with E-state index in [1.807, 2.05) is 6.92 Å². The number of rotatable bonds is 5. The van der Waals surface area contributed by atoms with E-state index in [2.05, 4.69) is 5.32 Å². The third-order valence-corrected chi connectivity index (χ3v) is 1.95. The van der Waals surface area contributed by atoms with E-state index in [0.717, 1.165) is 6.42 Å². The summed E-state index contributed by atoms with van der Waals surface area (Å²) in [5, 5.41) is 2.69. The molecule has 88 valence electrons. The van der Waals surface area contributed by atoms with Crippen molar-refractivity contribution in [3.05, 3.63) is 18.2 Å². The number of hydrogen-bond acceptors (Lipinski definition) is 3. The number of hydrogen-bond donors (Lipinski definition) is 1. The molecule has 1 N–H and O–H groups in total. The average Bonchev–Trinajstić information content (AvgIpc) is 2.26.